The van der Waals surface area contributed by atoms with E-state index in [-0.39, 0.29) is 11.6 Å². The van der Waals surface area contributed by atoms with E-state index >= 15 is 0 Å². The van der Waals surface area contributed by atoms with Crippen molar-refractivity contribution in [1.29, 1.82) is 0 Å². The average molecular weight is 453 g/mol. The monoisotopic (exact) mass is 452 g/mol. The highest BCUT2D eigenvalue weighted by Crippen LogP contribution is 2.30. The van der Waals surface area contributed by atoms with Crippen molar-refractivity contribution in [2.45, 2.75) is 0 Å². The molecule has 1 N–H and O–H groups in total. The Kier molecular flexibility index (Phi) is 6.04. The molecule has 9 heteroatoms. The first-order chi connectivity index (χ1) is 15.5. The van der Waals surface area contributed by atoms with Gasteiger partial charge in [-0.15, -0.1) is 5.10 Å². The Morgan fingerprint density at radius 3 is 2.50 bits per heavy atom. The predicted molar refractivity (Wildman–Crippen MR) is 119 cm³/mol. The Morgan fingerprint density at radius 1 is 1.03 bits per heavy atom. The fraction of sp³-hybridized carbons (Fsp3) is 0.0870. The maximum absolute atomic E-state index is 13.4. The number of carbonyl (C=O) groups excluding carboxylic acids is 1. The van der Waals surface area contributed by atoms with E-state index in [4.69, 9.17) is 21.1 Å². The Hall–Kier alpha value is -3.91. The van der Waals surface area contributed by atoms with Crippen LogP contribution in [0.2, 0.25) is 5.02 Å². The second kappa shape index (κ2) is 9.07. The lowest BCUT2D eigenvalue weighted by Gasteiger charge is -2.10. The number of hydrogen-bond donors (Lipinski definition) is 1. The van der Waals surface area contributed by atoms with Crippen molar-refractivity contribution in [2.24, 2.45) is 0 Å². The number of anilines is 1. The molecule has 0 bridgehead atoms. The topological polar surface area (TPSA) is 78.3 Å². The zero-order valence-corrected chi connectivity index (χ0v) is 17.9. The number of carbonyl (C=O) groups is 1. The zero-order valence-electron chi connectivity index (χ0n) is 17.2. The first-order valence-electron chi connectivity index (χ1n) is 9.51. The Morgan fingerprint density at radius 2 is 1.81 bits per heavy atom. The van der Waals surface area contributed by atoms with Crippen molar-refractivity contribution >= 4 is 23.2 Å². The number of hydrogen-bond acceptors (Lipinski definition) is 5. The molecule has 32 heavy (non-hydrogen) atoms. The Labute approximate surface area is 188 Å². The molecular formula is C23H18ClFN4O3. The molecule has 0 atom stereocenters. The lowest BCUT2D eigenvalue weighted by molar-refractivity contribution is 0.101. The highest BCUT2D eigenvalue weighted by Gasteiger charge is 2.20. The van der Waals surface area contributed by atoms with Crippen molar-refractivity contribution in [3.63, 3.8) is 0 Å². The molecule has 1 heterocycles. The predicted octanol–water partition coefficient (Wildman–Crippen LogP) is 5.00. The third kappa shape index (κ3) is 4.40. The van der Waals surface area contributed by atoms with Crippen molar-refractivity contribution < 1.29 is 18.7 Å². The largest absolute Gasteiger partial charge is 0.497 e. The third-order valence-electron chi connectivity index (χ3n) is 4.62. The molecule has 0 saturated carbocycles. The Bertz CT molecular complexity index is 1270. The normalized spacial score (nSPS) is 10.6. The minimum atomic E-state index is -0.555. The van der Waals surface area contributed by atoms with E-state index in [1.165, 1.54) is 31.0 Å². The number of rotatable bonds is 6. The lowest BCUT2D eigenvalue weighted by atomic mass is 10.2. The quantitative estimate of drug-likeness (QED) is 0.445. The van der Waals surface area contributed by atoms with Gasteiger partial charge in [0.25, 0.3) is 5.91 Å². The molecule has 0 aliphatic heterocycles. The zero-order chi connectivity index (χ0) is 22.7. The molecule has 7 nitrogen and oxygen atoms in total. The van der Waals surface area contributed by atoms with E-state index in [9.17, 15) is 9.18 Å². The molecular weight excluding hydrogens is 435 g/mol. The van der Waals surface area contributed by atoms with Gasteiger partial charge in [0, 0.05) is 16.7 Å². The fourth-order valence-corrected chi connectivity index (χ4v) is 3.27. The van der Waals surface area contributed by atoms with Gasteiger partial charge in [0.2, 0.25) is 5.82 Å². The van der Waals surface area contributed by atoms with E-state index in [1.807, 2.05) is 0 Å². The number of benzene rings is 3. The number of ether oxygens (including phenoxy) is 2. The van der Waals surface area contributed by atoms with E-state index < -0.39 is 5.91 Å². The van der Waals surface area contributed by atoms with Crippen LogP contribution in [0.3, 0.4) is 0 Å². The second-order valence-corrected chi connectivity index (χ2v) is 7.11. The number of nitrogens with one attached hydrogen (secondary N) is 1. The van der Waals surface area contributed by atoms with Crippen LogP contribution in [-0.2, 0) is 0 Å². The second-order valence-electron chi connectivity index (χ2n) is 6.68. The maximum Gasteiger partial charge on any atom is 0.295 e. The van der Waals surface area contributed by atoms with Gasteiger partial charge >= 0.3 is 0 Å². The van der Waals surface area contributed by atoms with Gasteiger partial charge in [-0.1, -0.05) is 23.7 Å². The average Bonchev–Trinajstić information content (AvgIpc) is 3.25. The number of aromatic nitrogens is 3. The first-order valence-corrected chi connectivity index (χ1v) is 9.88. The number of methoxy groups -OCH3 is 2. The highest BCUT2D eigenvalue weighted by atomic mass is 35.5. The van der Waals surface area contributed by atoms with Crippen molar-refractivity contribution in [1.82, 2.24) is 14.8 Å². The van der Waals surface area contributed by atoms with Crippen LogP contribution in [0.25, 0.3) is 17.1 Å². The molecule has 0 saturated heterocycles. The third-order valence-corrected chi connectivity index (χ3v) is 4.85. The summed E-state index contributed by atoms with van der Waals surface area (Å²) in [6.45, 7) is 0. The molecule has 0 spiro atoms. The van der Waals surface area contributed by atoms with Crippen LogP contribution in [-0.4, -0.2) is 34.9 Å². The van der Waals surface area contributed by atoms with Crippen LogP contribution in [0.5, 0.6) is 11.5 Å². The molecule has 3 aromatic carbocycles. The molecule has 1 amide bonds. The fourth-order valence-electron chi connectivity index (χ4n) is 3.07. The van der Waals surface area contributed by atoms with E-state index in [1.54, 1.807) is 54.6 Å². The standard InChI is InChI=1S/C23H18ClFN4O3/c1-31-18-10-11-20(32-2)19(13-18)26-23(30)21-27-22(14-4-3-5-15(24)12-14)29(28-21)17-8-6-16(25)7-9-17/h3-13H,1-2H3,(H,26,30). The SMILES string of the molecule is COc1ccc(OC)c(NC(=O)c2nc(-c3cccc(Cl)c3)n(-c3ccc(F)cc3)n2)c1. The minimum absolute atomic E-state index is 0.0887. The molecule has 162 valence electrons. The molecule has 0 fully saturated rings. The summed E-state index contributed by atoms with van der Waals surface area (Å²) >= 11 is 6.14. The molecule has 0 radical (unpaired) electrons. The molecule has 1 aromatic heterocycles. The van der Waals surface area contributed by atoms with Crippen molar-refractivity contribution in [2.75, 3.05) is 19.5 Å². The van der Waals surface area contributed by atoms with Gasteiger partial charge in [0.1, 0.15) is 17.3 Å². The molecule has 4 aromatic rings. The van der Waals surface area contributed by atoms with E-state index in [0.717, 1.165) is 0 Å². The van der Waals surface area contributed by atoms with Crippen LogP contribution in [0.4, 0.5) is 10.1 Å². The first kappa shape index (κ1) is 21.3. The summed E-state index contributed by atoms with van der Waals surface area (Å²) in [5, 5.41) is 7.62. The van der Waals surface area contributed by atoms with Crippen LogP contribution in [0.15, 0.2) is 66.7 Å². The number of amides is 1. The summed E-state index contributed by atoms with van der Waals surface area (Å²) in [5.74, 6) is 0.343. The lowest BCUT2D eigenvalue weighted by Crippen LogP contribution is -2.15. The van der Waals surface area contributed by atoms with Crippen molar-refractivity contribution in [3.8, 4) is 28.6 Å². The highest BCUT2D eigenvalue weighted by molar-refractivity contribution is 6.30. The van der Waals surface area contributed by atoms with Gasteiger partial charge in [0.05, 0.1) is 25.6 Å². The van der Waals surface area contributed by atoms with Gasteiger partial charge in [0.15, 0.2) is 5.82 Å². The number of nitrogens with zero attached hydrogens (tertiary/aromatic N) is 3. The molecule has 4 rings (SSSR count). The minimum Gasteiger partial charge on any atom is -0.497 e. The maximum atomic E-state index is 13.4. The summed E-state index contributed by atoms with van der Waals surface area (Å²) in [7, 11) is 3.02. The van der Waals surface area contributed by atoms with Gasteiger partial charge < -0.3 is 14.8 Å². The number of halogens is 2. The van der Waals surface area contributed by atoms with Crippen LogP contribution < -0.4 is 14.8 Å². The van der Waals surface area contributed by atoms with E-state index in [2.05, 4.69) is 15.4 Å². The molecule has 0 aliphatic carbocycles. The van der Waals surface area contributed by atoms with E-state index in [0.29, 0.717) is 39.3 Å². The van der Waals surface area contributed by atoms with Crippen LogP contribution >= 0.6 is 11.6 Å². The van der Waals surface area contributed by atoms with Gasteiger partial charge in [-0.05, 0) is 48.5 Å². The molecule has 0 unspecified atom stereocenters. The van der Waals surface area contributed by atoms with Gasteiger partial charge in [-0.2, -0.15) is 0 Å². The summed E-state index contributed by atoms with van der Waals surface area (Å²) in [6, 6.07) is 17.7. The summed E-state index contributed by atoms with van der Waals surface area (Å²) in [4.78, 5) is 17.4. The summed E-state index contributed by atoms with van der Waals surface area (Å²) in [5.41, 5.74) is 1.58. The Balaban J connectivity index is 1.76. The summed E-state index contributed by atoms with van der Waals surface area (Å²) < 4.78 is 25.4. The van der Waals surface area contributed by atoms with Gasteiger partial charge in [-0.3, -0.25) is 4.79 Å². The van der Waals surface area contributed by atoms with Crippen molar-refractivity contribution in [3.05, 3.63) is 83.4 Å². The smallest absolute Gasteiger partial charge is 0.295 e. The van der Waals surface area contributed by atoms with Crippen LogP contribution in [0.1, 0.15) is 10.6 Å². The van der Waals surface area contributed by atoms with Crippen LogP contribution in [0, 0.1) is 5.82 Å². The summed E-state index contributed by atoms with van der Waals surface area (Å²) in [6.07, 6.45) is 0. The van der Waals surface area contributed by atoms with Gasteiger partial charge in [-0.25, -0.2) is 14.1 Å². The molecule has 0 aliphatic rings.